The third-order valence-electron chi connectivity index (χ3n) is 4.52. The van der Waals surface area contributed by atoms with E-state index in [9.17, 15) is 0 Å². The van der Waals surface area contributed by atoms with Gasteiger partial charge in [-0.15, -0.1) is 19.0 Å². The highest BCUT2D eigenvalue weighted by molar-refractivity contribution is 6.65. The van der Waals surface area contributed by atoms with E-state index in [2.05, 4.69) is 6.58 Å². The molecule has 7 heteroatoms. The van der Waals surface area contributed by atoms with Crippen LogP contribution in [0.25, 0.3) is 0 Å². The van der Waals surface area contributed by atoms with Gasteiger partial charge >= 0.3 is 8.80 Å². The van der Waals surface area contributed by atoms with Gasteiger partial charge in [0.05, 0.1) is 10.7 Å². The van der Waals surface area contributed by atoms with Crippen molar-refractivity contribution in [3.05, 3.63) is 48.6 Å². The lowest BCUT2D eigenvalue weighted by Gasteiger charge is -2.50. The van der Waals surface area contributed by atoms with E-state index >= 15 is 0 Å². The molecule has 138 valence electrons. The van der Waals surface area contributed by atoms with Crippen LogP contribution in [-0.2, 0) is 19.7 Å². The summed E-state index contributed by atoms with van der Waals surface area (Å²) >= 11 is 0. The van der Waals surface area contributed by atoms with Crippen LogP contribution in [0.4, 0.5) is 0 Å². The van der Waals surface area contributed by atoms with Gasteiger partial charge in [-0.2, -0.15) is 0 Å². The predicted molar refractivity (Wildman–Crippen MR) is 103 cm³/mol. The lowest BCUT2D eigenvalue weighted by molar-refractivity contribution is 0.0749. The quantitative estimate of drug-likeness (QED) is 0.374. The second-order valence-corrected chi connectivity index (χ2v) is 9.03. The SMILES string of the molecule is C=CC(Cc1ccccc1)(C(N)(N)CCC)[Si](OC)(OC)OC.Cl. The van der Waals surface area contributed by atoms with Crippen LogP contribution in [0.2, 0.25) is 5.04 Å². The zero-order chi connectivity index (χ0) is 17.6. The number of nitrogens with two attached hydrogens (primary N) is 2. The van der Waals surface area contributed by atoms with Crippen LogP contribution in [0, 0.1) is 0 Å². The Bertz CT molecular complexity index is 490. The summed E-state index contributed by atoms with van der Waals surface area (Å²) < 4.78 is 17.3. The summed E-state index contributed by atoms with van der Waals surface area (Å²) in [6, 6.07) is 9.98. The summed E-state index contributed by atoms with van der Waals surface area (Å²) in [4.78, 5) is 0. The molecule has 0 aliphatic rings. The van der Waals surface area contributed by atoms with Crippen molar-refractivity contribution in [1.29, 1.82) is 0 Å². The van der Waals surface area contributed by atoms with Gasteiger partial charge < -0.3 is 24.7 Å². The average Bonchev–Trinajstić information content (AvgIpc) is 2.56. The van der Waals surface area contributed by atoms with Crippen LogP contribution < -0.4 is 11.5 Å². The molecular weight excluding hydrogens is 344 g/mol. The number of hydrogen-bond donors (Lipinski definition) is 2. The molecule has 0 saturated carbocycles. The van der Waals surface area contributed by atoms with Crippen LogP contribution in [0.3, 0.4) is 0 Å². The maximum Gasteiger partial charge on any atom is 0.514 e. The van der Waals surface area contributed by atoms with Gasteiger partial charge in [-0.05, 0) is 18.4 Å². The summed E-state index contributed by atoms with van der Waals surface area (Å²) in [5.74, 6) is 0. The van der Waals surface area contributed by atoms with Gasteiger partial charge in [0.1, 0.15) is 0 Å². The van der Waals surface area contributed by atoms with Crippen molar-refractivity contribution in [3.8, 4) is 0 Å². The van der Waals surface area contributed by atoms with Gasteiger partial charge in [0.2, 0.25) is 0 Å². The zero-order valence-corrected chi connectivity index (χ0v) is 16.9. The molecule has 0 spiro atoms. The molecule has 24 heavy (non-hydrogen) atoms. The van der Waals surface area contributed by atoms with Gasteiger partial charge in [0, 0.05) is 21.3 Å². The van der Waals surface area contributed by atoms with Gasteiger partial charge in [-0.25, -0.2) is 0 Å². The molecule has 5 nitrogen and oxygen atoms in total. The van der Waals surface area contributed by atoms with E-state index < -0.39 is 19.5 Å². The molecule has 0 bridgehead atoms. The van der Waals surface area contributed by atoms with E-state index in [1.54, 1.807) is 27.4 Å². The summed E-state index contributed by atoms with van der Waals surface area (Å²) in [5.41, 5.74) is 13.2. The molecule has 0 aliphatic carbocycles. The first-order chi connectivity index (χ1) is 10.9. The van der Waals surface area contributed by atoms with Crippen molar-refractivity contribution in [2.45, 2.75) is 36.9 Å². The Morgan fingerprint density at radius 1 is 1.08 bits per heavy atom. The van der Waals surface area contributed by atoms with E-state index in [1.165, 1.54) is 0 Å². The lowest BCUT2D eigenvalue weighted by Crippen LogP contribution is -2.71. The van der Waals surface area contributed by atoms with Gasteiger partial charge in [0.15, 0.2) is 0 Å². The van der Waals surface area contributed by atoms with Crippen LogP contribution in [-0.4, -0.2) is 35.8 Å². The molecule has 1 rings (SSSR count). The molecule has 1 aromatic carbocycles. The van der Waals surface area contributed by atoms with E-state index in [-0.39, 0.29) is 12.4 Å². The highest BCUT2D eigenvalue weighted by Crippen LogP contribution is 2.50. The Morgan fingerprint density at radius 3 is 1.96 bits per heavy atom. The smallest absolute Gasteiger partial charge is 0.376 e. The second kappa shape index (κ2) is 9.67. The summed E-state index contributed by atoms with van der Waals surface area (Å²) in [5, 5.41) is -0.852. The van der Waals surface area contributed by atoms with Gasteiger partial charge in [0.25, 0.3) is 0 Å². The Kier molecular flexibility index (Phi) is 9.38. The van der Waals surface area contributed by atoms with Crippen molar-refractivity contribution >= 4 is 21.2 Å². The van der Waals surface area contributed by atoms with E-state index in [1.807, 2.05) is 37.3 Å². The molecular formula is C17H31ClN2O3Si. The fourth-order valence-corrected chi connectivity index (χ4v) is 6.25. The number of halogens is 1. The van der Waals surface area contributed by atoms with Crippen LogP contribution in [0.5, 0.6) is 0 Å². The minimum Gasteiger partial charge on any atom is -0.376 e. The van der Waals surface area contributed by atoms with Crippen LogP contribution in [0.15, 0.2) is 43.0 Å². The molecule has 1 aromatic rings. The third kappa shape index (κ3) is 4.08. The van der Waals surface area contributed by atoms with Crippen LogP contribution in [0.1, 0.15) is 25.3 Å². The first-order valence-corrected chi connectivity index (χ1v) is 9.51. The Morgan fingerprint density at radius 2 is 1.58 bits per heavy atom. The van der Waals surface area contributed by atoms with Gasteiger partial charge in [-0.3, -0.25) is 0 Å². The molecule has 1 unspecified atom stereocenters. The summed E-state index contributed by atoms with van der Waals surface area (Å²) in [7, 11) is 1.50. The third-order valence-corrected chi connectivity index (χ3v) is 8.07. The highest BCUT2D eigenvalue weighted by atomic mass is 35.5. The molecule has 0 aromatic heterocycles. The maximum atomic E-state index is 6.58. The fourth-order valence-electron chi connectivity index (χ4n) is 3.30. The monoisotopic (exact) mass is 374 g/mol. The maximum absolute atomic E-state index is 6.58. The average molecular weight is 375 g/mol. The van der Waals surface area contributed by atoms with Gasteiger partial charge in [-0.1, -0.05) is 49.8 Å². The summed E-state index contributed by atoms with van der Waals surface area (Å²) in [6.07, 6.45) is 3.72. The Balaban J connectivity index is 0.00000529. The van der Waals surface area contributed by atoms with Crippen molar-refractivity contribution in [2.75, 3.05) is 21.3 Å². The molecule has 0 fully saturated rings. The second-order valence-electron chi connectivity index (χ2n) is 5.80. The Labute approximate surface area is 153 Å². The van der Waals surface area contributed by atoms with E-state index in [0.29, 0.717) is 12.8 Å². The highest BCUT2D eigenvalue weighted by Gasteiger charge is 2.65. The van der Waals surface area contributed by atoms with Crippen molar-refractivity contribution in [1.82, 2.24) is 0 Å². The minimum atomic E-state index is -3.22. The normalized spacial score (nSPS) is 14.6. The minimum absolute atomic E-state index is 0. The molecule has 4 N–H and O–H groups in total. The first-order valence-electron chi connectivity index (χ1n) is 7.79. The molecule has 0 saturated heterocycles. The standard InChI is InChI=1S/C17H30N2O3Si.ClH/c1-6-13-17(18,19)16(7-2,23(20-3,21-4)22-5)14-15-11-9-8-10-12-15;/h7-12H,2,6,13-14,18-19H2,1,3-5H3;1H. The molecule has 0 heterocycles. The fraction of sp³-hybridized carbons (Fsp3) is 0.529. The molecule has 0 radical (unpaired) electrons. The topological polar surface area (TPSA) is 79.7 Å². The molecule has 0 amide bonds. The first kappa shape index (κ1) is 23.3. The number of rotatable bonds is 10. The molecule has 1 atom stereocenters. The predicted octanol–water partition coefficient (Wildman–Crippen LogP) is 2.87. The zero-order valence-electron chi connectivity index (χ0n) is 15.1. The molecule has 0 aliphatic heterocycles. The lowest BCUT2D eigenvalue weighted by atomic mass is 9.83. The Hall–Kier alpha value is -0.733. The van der Waals surface area contributed by atoms with E-state index in [0.717, 1.165) is 12.0 Å². The van der Waals surface area contributed by atoms with E-state index in [4.69, 9.17) is 24.7 Å². The number of benzene rings is 1. The summed E-state index contributed by atoms with van der Waals surface area (Å²) in [6.45, 7) is 6.06. The largest absolute Gasteiger partial charge is 0.514 e. The van der Waals surface area contributed by atoms with Crippen molar-refractivity contribution in [2.24, 2.45) is 11.5 Å². The van der Waals surface area contributed by atoms with Crippen LogP contribution >= 0.6 is 12.4 Å². The van der Waals surface area contributed by atoms with Crippen molar-refractivity contribution in [3.63, 3.8) is 0 Å². The number of hydrogen-bond acceptors (Lipinski definition) is 5. The van der Waals surface area contributed by atoms with Crippen molar-refractivity contribution < 1.29 is 13.3 Å².